The maximum atomic E-state index is 12.4. The number of nitrogens with one attached hydrogen (secondary N) is 3. The van der Waals surface area contributed by atoms with Crippen molar-refractivity contribution >= 4 is 22.8 Å². The van der Waals surface area contributed by atoms with E-state index in [1.165, 1.54) is 7.11 Å². The number of esters is 1. The fourth-order valence-corrected chi connectivity index (χ4v) is 3.12. The van der Waals surface area contributed by atoms with Gasteiger partial charge in [-0.1, -0.05) is 18.2 Å². The van der Waals surface area contributed by atoms with Crippen LogP contribution >= 0.6 is 0 Å². The molecule has 2 aromatic heterocycles. The van der Waals surface area contributed by atoms with Gasteiger partial charge in [0.1, 0.15) is 5.69 Å². The molecule has 6 nitrogen and oxygen atoms in total. The first-order valence-electron chi connectivity index (χ1n) is 8.13. The quantitative estimate of drug-likeness (QED) is 0.625. The number of amides is 1. The van der Waals surface area contributed by atoms with E-state index in [0.717, 1.165) is 22.9 Å². The van der Waals surface area contributed by atoms with Gasteiger partial charge in [0.15, 0.2) is 0 Å². The Labute approximate surface area is 145 Å². The zero-order valence-electron chi connectivity index (χ0n) is 14.5. The lowest BCUT2D eigenvalue weighted by Crippen LogP contribution is -2.26. The predicted molar refractivity (Wildman–Crippen MR) is 95.9 cm³/mol. The van der Waals surface area contributed by atoms with Crippen molar-refractivity contribution in [1.82, 2.24) is 15.3 Å². The summed E-state index contributed by atoms with van der Waals surface area (Å²) in [5, 5.41) is 4.07. The minimum absolute atomic E-state index is 0.226. The third kappa shape index (κ3) is 3.15. The van der Waals surface area contributed by atoms with Crippen molar-refractivity contribution in [2.75, 3.05) is 13.7 Å². The maximum absolute atomic E-state index is 12.4. The van der Waals surface area contributed by atoms with Gasteiger partial charge in [0.05, 0.1) is 12.7 Å². The summed E-state index contributed by atoms with van der Waals surface area (Å²) in [6, 6.07) is 8.07. The molecule has 0 aliphatic carbocycles. The molecule has 0 unspecified atom stereocenters. The van der Waals surface area contributed by atoms with Crippen LogP contribution in [0.1, 0.15) is 37.7 Å². The molecule has 0 aliphatic heterocycles. The number of methoxy groups -OCH3 is 1. The van der Waals surface area contributed by atoms with Crippen molar-refractivity contribution in [2.45, 2.75) is 20.3 Å². The first-order chi connectivity index (χ1) is 12.0. The minimum Gasteiger partial charge on any atom is -0.465 e. The molecule has 0 aliphatic rings. The van der Waals surface area contributed by atoms with Crippen LogP contribution < -0.4 is 5.32 Å². The molecule has 3 aromatic rings. The van der Waals surface area contributed by atoms with Crippen LogP contribution in [-0.4, -0.2) is 35.5 Å². The number of aryl methyl sites for hydroxylation is 1. The second kappa shape index (κ2) is 6.84. The molecule has 6 heteroatoms. The standard InChI is InChI=1S/C19H21N3O3/c1-11-16(19(24)25-3)12(2)22-17(11)18(23)20-9-8-13-10-21-15-7-5-4-6-14(13)15/h4-7,10,21-22H,8-9H2,1-3H3,(H,20,23). The van der Waals surface area contributed by atoms with Crippen LogP contribution in [0.25, 0.3) is 10.9 Å². The Balaban J connectivity index is 1.68. The van der Waals surface area contributed by atoms with Crippen LogP contribution in [0.4, 0.5) is 0 Å². The van der Waals surface area contributed by atoms with Crippen LogP contribution in [0.15, 0.2) is 30.5 Å². The Bertz CT molecular complexity index is 937. The molecule has 1 aromatic carbocycles. The van der Waals surface area contributed by atoms with Crippen LogP contribution in [0.5, 0.6) is 0 Å². The van der Waals surface area contributed by atoms with Crippen molar-refractivity contribution in [2.24, 2.45) is 0 Å². The average Bonchev–Trinajstić information content (AvgIpc) is 3.15. The molecule has 0 fully saturated rings. The van der Waals surface area contributed by atoms with Gasteiger partial charge in [-0.15, -0.1) is 0 Å². The van der Waals surface area contributed by atoms with Gasteiger partial charge in [0.2, 0.25) is 0 Å². The maximum Gasteiger partial charge on any atom is 0.339 e. The first kappa shape index (κ1) is 16.8. The zero-order valence-corrected chi connectivity index (χ0v) is 14.5. The second-order valence-corrected chi connectivity index (χ2v) is 5.98. The molecule has 0 atom stereocenters. The van der Waals surface area contributed by atoms with E-state index in [1.807, 2.05) is 24.4 Å². The normalized spacial score (nSPS) is 10.8. The summed E-state index contributed by atoms with van der Waals surface area (Å²) in [5.41, 5.74) is 4.30. The lowest BCUT2D eigenvalue weighted by atomic mass is 10.1. The number of ether oxygens (including phenoxy) is 1. The van der Waals surface area contributed by atoms with E-state index in [0.29, 0.717) is 29.1 Å². The second-order valence-electron chi connectivity index (χ2n) is 5.98. The fourth-order valence-electron chi connectivity index (χ4n) is 3.12. The van der Waals surface area contributed by atoms with Crippen molar-refractivity contribution in [3.05, 3.63) is 58.5 Å². The van der Waals surface area contributed by atoms with E-state index in [4.69, 9.17) is 4.74 Å². The van der Waals surface area contributed by atoms with Crippen molar-refractivity contribution in [3.63, 3.8) is 0 Å². The molecule has 3 N–H and O–H groups in total. The van der Waals surface area contributed by atoms with E-state index in [9.17, 15) is 9.59 Å². The van der Waals surface area contributed by atoms with Gasteiger partial charge in [-0.05, 0) is 37.5 Å². The Hall–Kier alpha value is -3.02. The van der Waals surface area contributed by atoms with E-state index in [1.54, 1.807) is 13.8 Å². The summed E-state index contributed by atoms with van der Waals surface area (Å²) in [6.45, 7) is 4.00. The highest BCUT2D eigenvalue weighted by molar-refractivity contribution is 6.00. The summed E-state index contributed by atoms with van der Waals surface area (Å²) in [7, 11) is 1.33. The Kier molecular flexibility index (Phi) is 4.61. The summed E-state index contributed by atoms with van der Waals surface area (Å²) < 4.78 is 4.77. The summed E-state index contributed by atoms with van der Waals surface area (Å²) in [6.07, 6.45) is 2.69. The van der Waals surface area contributed by atoms with Gasteiger partial charge < -0.3 is 20.0 Å². The topological polar surface area (TPSA) is 87.0 Å². The lowest BCUT2D eigenvalue weighted by molar-refractivity contribution is 0.0599. The highest BCUT2D eigenvalue weighted by Crippen LogP contribution is 2.19. The van der Waals surface area contributed by atoms with Crippen molar-refractivity contribution in [1.29, 1.82) is 0 Å². The molecule has 3 rings (SSSR count). The highest BCUT2D eigenvalue weighted by Gasteiger charge is 2.22. The molecule has 0 saturated carbocycles. The van der Waals surface area contributed by atoms with Crippen LogP contribution in [0.3, 0.4) is 0 Å². The Morgan fingerprint density at radius 3 is 2.72 bits per heavy atom. The first-order valence-corrected chi connectivity index (χ1v) is 8.13. The number of H-pyrrole nitrogens is 2. The fraction of sp³-hybridized carbons (Fsp3) is 0.263. The molecule has 2 heterocycles. The molecule has 130 valence electrons. The van der Waals surface area contributed by atoms with E-state index >= 15 is 0 Å². The van der Waals surface area contributed by atoms with Gasteiger partial charge in [-0.25, -0.2) is 4.79 Å². The number of carbonyl (C=O) groups is 2. The molecule has 0 saturated heterocycles. The van der Waals surface area contributed by atoms with Gasteiger partial charge >= 0.3 is 5.97 Å². The van der Waals surface area contributed by atoms with Crippen LogP contribution in [0, 0.1) is 13.8 Å². The lowest BCUT2D eigenvalue weighted by Gasteiger charge is -2.05. The number of aromatic nitrogens is 2. The van der Waals surface area contributed by atoms with E-state index in [-0.39, 0.29) is 5.91 Å². The zero-order chi connectivity index (χ0) is 18.0. The molecule has 0 spiro atoms. The van der Waals surface area contributed by atoms with Gasteiger partial charge in [0, 0.05) is 29.3 Å². The number of fused-ring (bicyclic) bond motifs is 1. The number of hydrogen-bond acceptors (Lipinski definition) is 3. The number of hydrogen-bond donors (Lipinski definition) is 3. The monoisotopic (exact) mass is 339 g/mol. The van der Waals surface area contributed by atoms with Crippen molar-refractivity contribution < 1.29 is 14.3 Å². The number of para-hydroxylation sites is 1. The third-order valence-electron chi connectivity index (χ3n) is 4.41. The molecule has 0 radical (unpaired) electrons. The SMILES string of the molecule is COC(=O)c1c(C)[nH]c(C(=O)NCCc2c[nH]c3ccccc23)c1C. The number of carbonyl (C=O) groups excluding carboxylic acids is 2. The van der Waals surface area contributed by atoms with Crippen molar-refractivity contribution in [3.8, 4) is 0 Å². The molecule has 25 heavy (non-hydrogen) atoms. The van der Waals surface area contributed by atoms with Gasteiger partial charge in [-0.3, -0.25) is 4.79 Å². The predicted octanol–water partition coefficient (Wildman–Crippen LogP) is 2.87. The minimum atomic E-state index is -0.441. The highest BCUT2D eigenvalue weighted by atomic mass is 16.5. The molecular weight excluding hydrogens is 318 g/mol. The average molecular weight is 339 g/mol. The molecule has 0 bridgehead atoms. The van der Waals surface area contributed by atoms with Gasteiger partial charge in [-0.2, -0.15) is 0 Å². The number of benzene rings is 1. The van der Waals surface area contributed by atoms with Crippen LogP contribution in [0.2, 0.25) is 0 Å². The van der Waals surface area contributed by atoms with Crippen LogP contribution in [-0.2, 0) is 11.2 Å². The Morgan fingerprint density at radius 2 is 1.96 bits per heavy atom. The number of rotatable bonds is 5. The Morgan fingerprint density at radius 1 is 1.20 bits per heavy atom. The summed E-state index contributed by atoms with van der Waals surface area (Å²) in [4.78, 5) is 30.4. The van der Waals surface area contributed by atoms with E-state index < -0.39 is 5.97 Å². The molecular formula is C19H21N3O3. The van der Waals surface area contributed by atoms with E-state index in [2.05, 4.69) is 21.4 Å². The molecule has 1 amide bonds. The summed E-state index contributed by atoms with van der Waals surface area (Å²) >= 11 is 0. The summed E-state index contributed by atoms with van der Waals surface area (Å²) in [5.74, 6) is -0.667. The third-order valence-corrected chi connectivity index (χ3v) is 4.41. The largest absolute Gasteiger partial charge is 0.465 e. The van der Waals surface area contributed by atoms with Gasteiger partial charge in [0.25, 0.3) is 5.91 Å². The smallest absolute Gasteiger partial charge is 0.339 e. The number of aromatic amines is 2.